The molecule has 1 fully saturated rings. The van der Waals surface area contributed by atoms with Crippen LogP contribution in [-0.4, -0.2) is 40.0 Å². The second-order valence-electron chi connectivity index (χ2n) is 5.64. The summed E-state index contributed by atoms with van der Waals surface area (Å²) in [5, 5.41) is 7.50. The van der Waals surface area contributed by atoms with Crippen LogP contribution in [-0.2, 0) is 4.79 Å². The van der Waals surface area contributed by atoms with Crippen LogP contribution in [0.4, 0.5) is 0 Å². The number of likely N-dealkylation sites (tertiary alicyclic amines) is 1. The van der Waals surface area contributed by atoms with Crippen molar-refractivity contribution in [3.8, 4) is 11.3 Å². The first-order valence-electron chi connectivity index (χ1n) is 7.45. The second-order valence-corrected chi connectivity index (χ2v) is 6.05. The van der Waals surface area contributed by atoms with Gasteiger partial charge in [0.2, 0.25) is 5.91 Å². The summed E-state index contributed by atoms with van der Waals surface area (Å²) in [4.78, 5) is 25.5. The fraction of sp³-hybridized carbons (Fsp3) is 0.312. The third-order valence-electron chi connectivity index (χ3n) is 4.07. The first kappa shape index (κ1) is 15.6. The Kier molecular flexibility index (Phi) is 4.34. The Hall–Kier alpha value is -2.34. The summed E-state index contributed by atoms with van der Waals surface area (Å²) in [6.45, 7) is 0.970. The van der Waals surface area contributed by atoms with Crippen LogP contribution in [0.2, 0.25) is 5.02 Å². The van der Waals surface area contributed by atoms with Gasteiger partial charge in [0.05, 0.1) is 16.6 Å². The summed E-state index contributed by atoms with van der Waals surface area (Å²) in [6, 6.07) is 8.99. The highest BCUT2D eigenvalue weighted by Crippen LogP contribution is 2.27. The molecule has 1 aromatic heterocycles. The lowest BCUT2D eigenvalue weighted by Gasteiger charge is -2.30. The lowest BCUT2D eigenvalue weighted by atomic mass is 9.97. The maximum Gasteiger partial charge on any atom is 0.271 e. The number of carbonyl (C=O) groups excluding carboxylic acids is 2. The average Bonchev–Trinajstić information content (AvgIpc) is 3.04. The molecule has 0 aliphatic carbocycles. The van der Waals surface area contributed by atoms with E-state index in [9.17, 15) is 9.59 Å². The molecular weight excluding hydrogens is 316 g/mol. The molecule has 2 heterocycles. The van der Waals surface area contributed by atoms with Gasteiger partial charge in [-0.2, -0.15) is 5.10 Å². The zero-order valence-corrected chi connectivity index (χ0v) is 13.2. The summed E-state index contributed by atoms with van der Waals surface area (Å²) < 4.78 is 0. The first-order chi connectivity index (χ1) is 11.1. The lowest BCUT2D eigenvalue weighted by Crippen LogP contribution is -2.44. The van der Waals surface area contributed by atoms with Gasteiger partial charge >= 0.3 is 0 Å². The molecule has 6 nitrogen and oxygen atoms in total. The second kappa shape index (κ2) is 6.42. The standard InChI is InChI=1S/C16H17ClN4O2/c17-12-6-2-1-5-11(12)13-8-14(20-19-13)16(23)21-7-3-4-10(9-21)15(18)22/h1-2,5-6,8,10H,3-4,7,9H2,(H2,18,22)(H,19,20)/t10-/m0/s1. The molecule has 7 heteroatoms. The molecule has 3 rings (SSSR count). The maximum absolute atomic E-state index is 12.6. The van der Waals surface area contributed by atoms with Crippen molar-refractivity contribution < 1.29 is 9.59 Å². The van der Waals surface area contributed by atoms with E-state index in [0.717, 1.165) is 18.4 Å². The number of hydrogen-bond acceptors (Lipinski definition) is 3. The van der Waals surface area contributed by atoms with E-state index in [-0.39, 0.29) is 17.7 Å². The van der Waals surface area contributed by atoms with Crippen LogP contribution >= 0.6 is 11.6 Å². The third kappa shape index (κ3) is 3.22. The van der Waals surface area contributed by atoms with Gasteiger partial charge in [-0.15, -0.1) is 0 Å². The monoisotopic (exact) mass is 332 g/mol. The minimum atomic E-state index is -0.358. The van der Waals surface area contributed by atoms with Gasteiger partial charge in [-0.05, 0) is 25.0 Å². The molecule has 23 heavy (non-hydrogen) atoms. The number of piperidine rings is 1. The molecule has 0 spiro atoms. The zero-order valence-electron chi connectivity index (χ0n) is 12.5. The number of rotatable bonds is 3. The Balaban J connectivity index is 1.79. The number of halogens is 1. The summed E-state index contributed by atoms with van der Waals surface area (Å²) in [6.07, 6.45) is 1.50. The van der Waals surface area contributed by atoms with Crippen molar-refractivity contribution in [1.29, 1.82) is 0 Å². The lowest BCUT2D eigenvalue weighted by molar-refractivity contribution is -0.123. The number of amides is 2. The predicted octanol–water partition coefficient (Wildman–Crippen LogP) is 2.07. The summed E-state index contributed by atoms with van der Waals surface area (Å²) in [5.41, 5.74) is 7.11. The zero-order chi connectivity index (χ0) is 16.4. The maximum atomic E-state index is 12.6. The van der Waals surface area contributed by atoms with E-state index in [4.69, 9.17) is 17.3 Å². The van der Waals surface area contributed by atoms with Crippen LogP contribution in [0.3, 0.4) is 0 Å². The van der Waals surface area contributed by atoms with Gasteiger partial charge < -0.3 is 10.6 Å². The minimum absolute atomic E-state index is 0.179. The molecular formula is C16H17ClN4O2. The normalized spacial score (nSPS) is 18.0. The number of benzene rings is 1. The van der Waals surface area contributed by atoms with Crippen LogP contribution in [0.1, 0.15) is 23.3 Å². The highest BCUT2D eigenvalue weighted by atomic mass is 35.5. The summed E-state index contributed by atoms with van der Waals surface area (Å²) in [5.74, 6) is -0.815. The average molecular weight is 333 g/mol. The minimum Gasteiger partial charge on any atom is -0.369 e. The van der Waals surface area contributed by atoms with Crippen molar-refractivity contribution in [2.75, 3.05) is 13.1 Å². The number of aromatic amines is 1. The molecule has 1 aliphatic heterocycles. The number of aromatic nitrogens is 2. The van der Waals surface area contributed by atoms with E-state index in [0.29, 0.717) is 29.5 Å². The van der Waals surface area contributed by atoms with Crippen molar-refractivity contribution in [2.24, 2.45) is 11.7 Å². The van der Waals surface area contributed by atoms with Crippen LogP contribution in [0.25, 0.3) is 11.3 Å². The van der Waals surface area contributed by atoms with Crippen LogP contribution in [0, 0.1) is 5.92 Å². The Morgan fingerprint density at radius 3 is 2.87 bits per heavy atom. The molecule has 3 N–H and O–H groups in total. The fourth-order valence-electron chi connectivity index (χ4n) is 2.80. The van der Waals surface area contributed by atoms with Crippen molar-refractivity contribution in [3.05, 3.63) is 41.0 Å². The quantitative estimate of drug-likeness (QED) is 0.901. The van der Waals surface area contributed by atoms with Crippen LogP contribution in [0.5, 0.6) is 0 Å². The van der Waals surface area contributed by atoms with E-state index in [1.807, 2.05) is 18.2 Å². The largest absolute Gasteiger partial charge is 0.369 e. The molecule has 1 atom stereocenters. The molecule has 1 aromatic carbocycles. The van der Waals surface area contributed by atoms with Gasteiger partial charge in [0.25, 0.3) is 5.91 Å². The predicted molar refractivity (Wildman–Crippen MR) is 86.9 cm³/mol. The van der Waals surface area contributed by atoms with Gasteiger partial charge in [-0.3, -0.25) is 14.7 Å². The van der Waals surface area contributed by atoms with Gasteiger partial charge in [0.1, 0.15) is 5.69 Å². The van der Waals surface area contributed by atoms with E-state index >= 15 is 0 Å². The Bertz CT molecular complexity index is 743. The first-order valence-corrected chi connectivity index (χ1v) is 7.83. The highest BCUT2D eigenvalue weighted by molar-refractivity contribution is 6.33. The van der Waals surface area contributed by atoms with Gasteiger partial charge in [0, 0.05) is 18.7 Å². The molecule has 0 saturated carbocycles. The molecule has 2 aromatic rings. The highest BCUT2D eigenvalue weighted by Gasteiger charge is 2.28. The fourth-order valence-corrected chi connectivity index (χ4v) is 3.03. The molecule has 0 unspecified atom stereocenters. The van der Waals surface area contributed by atoms with Crippen molar-refractivity contribution >= 4 is 23.4 Å². The number of primary amides is 1. The number of nitrogens with zero attached hydrogens (tertiary/aromatic N) is 2. The van der Waals surface area contributed by atoms with Crippen molar-refractivity contribution in [3.63, 3.8) is 0 Å². The molecule has 0 radical (unpaired) electrons. The third-order valence-corrected chi connectivity index (χ3v) is 4.40. The smallest absolute Gasteiger partial charge is 0.271 e. The topological polar surface area (TPSA) is 92.1 Å². The van der Waals surface area contributed by atoms with E-state index in [1.165, 1.54) is 0 Å². The van der Waals surface area contributed by atoms with E-state index in [2.05, 4.69) is 10.2 Å². The molecule has 2 amide bonds. The number of nitrogens with one attached hydrogen (secondary N) is 1. The van der Waals surface area contributed by atoms with Gasteiger partial charge in [0.15, 0.2) is 0 Å². The van der Waals surface area contributed by atoms with Crippen molar-refractivity contribution in [2.45, 2.75) is 12.8 Å². The van der Waals surface area contributed by atoms with Gasteiger partial charge in [-0.1, -0.05) is 29.8 Å². The molecule has 1 saturated heterocycles. The Morgan fingerprint density at radius 1 is 1.35 bits per heavy atom. The van der Waals surface area contributed by atoms with Gasteiger partial charge in [-0.25, -0.2) is 0 Å². The van der Waals surface area contributed by atoms with E-state index in [1.54, 1.807) is 17.0 Å². The van der Waals surface area contributed by atoms with Crippen LogP contribution < -0.4 is 5.73 Å². The SMILES string of the molecule is NC(=O)[C@H]1CCCN(C(=O)c2cc(-c3ccccc3Cl)n[nH]2)C1. The molecule has 0 bridgehead atoms. The van der Waals surface area contributed by atoms with Crippen molar-refractivity contribution in [1.82, 2.24) is 15.1 Å². The van der Waals surface area contributed by atoms with E-state index < -0.39 is 0 Å². The van der Waals surface area contributed by atoms with Crippen LogP contribution in [0.15, 0.2) is 30.3 Å². The number of hydrogen-bond donors (Lipinski definition) is 2. The number of nitrogens with two attached hydrogens (primary N) is 1. The summed E-state index contributed by atoms with van der Waals surface area (Å²) in [7, 11) is 0. The molecule has 1 aliphatic rings. The molecule has 120 valence electrons. The Morgan fingerprint density at radius 2 is 2.13 bits per heavy atom. The summed E-state index contributed by atoms with van der Waals surface area (Å²) >= 11 is 6.15. The number of H-pyrrole nitrogens is 1. The number of carbonyl (C=O) groups is 2. The Labute approximate surface area is 138 Å².